The largest absolute Gasteiger partial charge is 0.289 e. The van der Waals surface area contributed by atoms with Gasteiger partial charge in [-0.05, 0) is 115 Å². The number of fused-ring (bicyclic) bond motifs is 10. The highest BCUT2D eigenvalue weighted by atomic mass is 16.2. The molecule has 0 atom stereocenters. The highest BCUT2D eigenvalue weighted by Crippen LogP contribution is 2.37. The maximum Gasteiger partial charge on any atom is 0.264 e. The summed E-state index contributed by atoms with van der Waals surface area (Å²) in [6, 6.07) is 27.5. The van der Waals surface area contributed by atoms with Crippen LogP contribution in [0.4, 0.5) is 0 Å². The molecular formula is C45H30N4O4. The van der Waals surface area contributed by atoms with Gasteiger partial charge in [-0.1, -0.05) is 60.7 Å². The van der Waals surface area contributed by atoms with Gasteiger partial charge in [0.15, 0.2) is 11.6 Å². The molecule has 2 aliphatic rings. The van der Waals surface area contributed by atoms with E-state index in [1.165, 1.54) is 17.7 Å². The van der Waals surface area contributed by atoms with Crippen LogP contribution in [0.5, 0.6) is 0 Å². The molecule has 8 heteroatoms. The second kappa shape index (κ2) is 12.0. The Bertz CT molecular complexity index is 2900. The lowest BCUT2D eigenvalue weighted by atomic mass is 10.0. The Kier molecular flexibility index (Phi) is 7.24. The number of benzene rings is 5. The minimum atomic E-state index is -0.262. The fourth-order valence-electron chi connectivity index (χ4n) is 7.15. The number of hydrogen-bond acceptors (Lipinski definition) is 6. The van der Waals surface area contributed by atoms with Crippen LogP contribution in [0.1, 0.15) is 76.2 Å². The van der Waals surface area contributed by atoms with Crippen LogP contribution in [0.25, 0.3) is 63.1 Å². The van der Waals surface area contributed by atoms with Gasteiger partial charge >= 0.3 is 0 Å². The number of carbonyl (C=O) groups excluding carboxylic acids is 4. The Morgan fingerprint density at radius 1 is 0.528 bits per heavy atom. The molecule has 0 amide bonds. The van der Waals surface area contributed by atoms with E-state index in [0.717, 1.165) is 22.3 Å². The Labute approximate surface area is 304 Å². The summed E-state index contributed by atoms with van der Waals surface area (Å²) in [5, 5.41) is 0. The first-order valence-corrected chi connectivity index (χ1v) is 17.3. The molecule has 0 bridgehead atoms. The first-order valence-electron chi connectivity index (χ1n) is 17.3. The lowest BCUT2D eigenvalue weighted by Gasteiger charge is -2.03. The van der Waals surface area contributed by atoms with Crippen LogP contribution in [-0.2, 0) is 0 Å². The topological polar surface area (TPSA) is 104 Å². The molecule has 254 valence electrons. The van der Waals surface area contributed by atoms with Crippen molar-refractivity contribution in [3.63, 3.8) is 0 Å². The van der Waals surface area contributed by atoms with Crippen LogP contribution >= 0.6 is 0 Å². The summed E-state index contributed by atoms with van der Waals surface area (Å²) in [4.78, 5) is 62.9. The molecule has 4 heterocycles. The van der Waals surface area contributed by atoms with E-state index in [1.807, 2.05) is 87.5 Å². The summed E-state index contributed by atoms with van der Waals surface area (Å²) in [7, 11) is 0. The molecule has 8 nitrogen and oxygen atoms in total. The number of nitrogens with zero attached hydrogens (tertiary/aromatic N) is 4. The third-order valence-electron chi connectivity index (χ3n) is 10.1. The maximum absolute atomic E-state index is 13.7. The number of rotatable bonds is 7. The standard InChI is InChI=1S/C45H30N4O4/c1-4-5-27-8-14-33-34(21-27)43-47-37-24-31(13-17-38(37)48(43)44(33)52)41(51)19-11-29-9-16-36-39(22-29)49-42(46-36)32-15-12-30(23-35(32)45(49)53)40(50)18-10-28-7-6-25(2)26(3)20-28/h4-24H,1-3H3. The smallest absolute Gasteiger partial charge is 0.264 e. The summed E-state index contributed by atoms with van der Waals surface area (Å²) >= 11 is 0. The molecule has 2 aliphatic heterocycles. The second-order valence-corrected chi connectivity index (χ2v) is 13.4. The Hall–Kier alpha value is -7.06. The number of carbonyl (C=O) groups is 4. The van der Waals surface area contributed by atoms with Gasteiger partial charge in [0.1, 0.15) is 11.6 Å². The summed E-state index contributed by atoms with van der Waals surface area (Å²) in [6.07, 6.45) is 10.4. The van der Waals surface area contributed by atoms with E-state index in [9.17, 15) is 19.2 Å². The van der Waals surface area contributed by atoms with Crippen LogP contribution in [-0.4, -0.2) is 42.5 Å². The second-order valence-electron chi connectivity index (χ2n) is 13.4. The summed E-state index contributed by atoms with van der Waals surface area (Å²) < 4.78 is 3.16. The highest BCUT2D eigenvalue weighted by Gasteiger charge is 2.32. The molecule has 9 rings (SSSR count). The van der Waals surface area contributed by atoms with Gasteiger partial charge in [0.2, 0.25) is 0 Å². The molecule has 0 spiro atoms. The van der Waals surface area contributed by atoms with E-state index in [1.54, 1.807) is 57.7 Å². The van der Waals surface area contributed by atoms with Crippen molar-refractivity contribution in [3.8, 4) is 22.8 Å². The molecular weight excluding hydrogens is 661 g/mol. The summed E-state index contributed by atoms with van der Waals surface area (Å²) in [5.74, 6) is 0.259. The van der Waals surface area contributed by atoms with Crippen molar-refractivity contribution in [2.75, 3.05) is 0 Å². The van der Waals surface area contributed by atoms with E-state index in [4.69, 9.17) is 9.97 Å². The molecule has 5 aromatic carbocycles. The first kappa shape index (κ1) is 31.9. The molecule has 0 unspecified atom stereocenters. The molecule has 0 aliphatic carbocycles. The molecule has 7 aromatic rings. The predicted octanol–water partition coefficient (Wildman–Crippen LogP) is 9.17. The minimum absolute atomic E-state index is 0.137. The van der Waals surface area contributed by atoms with Crippen LogP contribution in [0.3, 0.4) is 0 Å². The van der Waals surface area contributed by atoms with E-state index < -0.39 is 0 Å². The van der Waals surface area contributed by atoms with Gasteiger partial charge < -0.3 is 0 Å². The van der Waals surface area contributed by atoms with Crippen LogP contribution in [0.15, 0.2) is 109 Å². The molecule has 2 aromatic heterocycles. The Morgan fingerprint density at radius 3 is 1.91 bits per heavy atom. The molecule has 0 saturated carbocycles. The maximum atomic E-state index is 13.7. The number of imidazole rings is 2. The van der Waals surface area contributed by atoms with Gasteiger partial charge in [-0.3, -0.25) is 28.3 Å². The lowest BCUT2D eigenvalue weighted by Crippen LogP contribution is -2.07. The van der Waals surface area contributed by atoms with Crippen molar-refractivity contribution in [2.45, 2.75) is 20.8 Å². The van der Waals surface area contributed by atoms with Gasteiger partial charge in [-0.25, -0.2) is 9.97 Å². The van der Waals surface area contributed by atoms with Gasteiger partial charge in [0.25, 0.3) is 11.8 Å². The van der Waals surface area contributed by atoms with E-state index in [0.29, 0.717) is 67.1 Å². The van der Waals surface area contributed by atoms with Gasteiger partial charge in [0, 0.05) is 22.3 Å². The number of ketones is 2. The molecule has 0 fully saturated rings. The van der Waals surface area contributed by atoms with Crippen molar-refractivity contribution >= 4 is 63.7 Å². The Balaban J connectivity index is 0.961. The van der Waals surface area contributed by atoms with Crippen LogP contribution in [0.2, 0.25) is 0 Å². The Morgan fingerprint density at radius 2 is 1.13 bits per heavy atom. The van der Waals surface area contributed by atoms with Crippen molar-refractivity contribution in [2.24, 2.45) is 0 Å². The fourth-order valence-corrected chi connectivity index (χ4v) is 7.15. The zero-order chi connectivity index (χ0) is 36.5. The number of hydrogen-bond donors (Lipinski definition) is 0. The van der Waals surface area contributed by atoms with Crippen LogP contribution in [0, 0.1) is 13.8 Å². The third kappa shape index (κ3) is 5.14. The van der Waals surface area contributed by atoms with Gasteiger partial charge in [-0.2, -0.15) is 0 Å². The normalized spacial score (nSPS) is 13.2. The summed E-state index contributed by atoms with van der Waals surface area (Å²) in [6.45, 7) is 6.02. The average Bonchev–Trinajstić information content (AvgIpc) is 3.88. The SMILES string of the molecule is CC=Cc1ccc2c(c1)-c1nc3cc(C(=O)C=Cc4ccc5nc6n(c5c4)C(=O)c4cc(C(=O)C=Cc5ccc(C)c(C)c5)ccc4-6)ccc3n1C2=O. The lowest BCUT2D eigenvalue weighted by molar-refractivity contribution is 0.0965. The highest BCUT2D eigenvalue weighted by molar-refractivity contribution is 6.16. The van der Waals surface area contributed by atoms with Crippen LogP contribution < -0.4 is 0 Å². The predicted molar refractivity (Wildman–Crippen MR) is 207 cm³/mol. The monoisotopic (exact) mass is 690 g/mol. The zero-order valence-corrected chi connectivity index (χ0v) is 29.0. The number of aryl methyl sites for hydroxylation is 2. The first-order chi connectivity index (χ1) is 25.7. The molecule has 0 saturated heterocycles. The molecule has 0 N–H and O–H groups in total. The minimum Gasteiger partial charge on any atom is -0.289 e. The quantitative estimate of drug-likeness (QED) is 0.122. The third-order valence-corrected chi connectivity index (χ3v) is 10.1. The van der Waals surface area contributed by atoms with Gasteiger partial charge in [-0.15, -0.1) is 0 Å². The van der Waals surface area contributed by atoms with Crippen molar-refractivity contribution in [1.29, 1.82) is 0 Å². The average molecular weight is 691 g/mol. The van der Waals surface area contributed by atoms with E-state index in [2.05, 4.69) is 0 Å². The molecule has 53 heavy (non-hydrogen) atoms. The fraction of sp³-hybridized carbons (Fsp3) is 0.0667. The zero-order valence-electron chi connectivity index (χ0n) is 29.0. The van der Waals surface area contributed by atoms with E-state index >= 15 is 0 Å². The number of allylic oxidation sites excluding steroid dienone is 3. The molecule has 0 radical (unpaired) electrons. The van der Waals surface area contributed by atoms with Crippen molar-refractivity contribution in [1.82, 2.24) is 19.1 Å². The van der Waals surface area contributed by atoms with Gasteiger partial charge in [0.05, 0.1) is 33.2 Å². The van der Waals surface area contributed by atoms with E-state index in [-0.39, 0.29) is 23.4 Å². The number of aromatic nitrogens is 4. The van der Waals surface area contributed by atoms with Crippen molar-refractivity contribution in [3.05, 3.63) is 159 Å². The summed E-state index contributed by atoms with van der Waals surface area (Å²) in [5.41, 5.74) is 10.7. The van der Waals surface area contributed by atoms with Crippen molar-refractivity contribution < 1.29 is 19.2 Å².